The highest BCUT2D eigenvalue weighted by Gasteiger charge is 2.29. The van der Waals surface area contributed by atoms with Gasteiger partial charge in [-0.3, -0.25) is 0 Å². The Kier molecular flexibility index (Phi) is 2.02. The Morgan fingerprint density at radius 1 is 1.33 bits per heavy atom. The van der Waals surface area contributed by atoms with E-state index in [0.717, 1.165) is 6.61 Å². The maximum atomic E-state index is 8.83. The number of hydrogen-bond acceptors (Lipinski definition) is 4. The molecule has 0 saturated carbocycles. The van der Waals surface area contributed by atoms with Crippen molar-refractivity contribution in [2.45, 2.75) is 18.3 Å². The van der Waals surface area contributed by atoms with Crippen LogP contribution in [0.1, 0.15) is 0 Å². The van der Waals surface area contributed by atoms with Crippen LogP contribution in [0.5, 0.6) is 0 Å². The lowest BCUT2D eigenvalue weighted by atomic mass is 10.1. The minimum Gasteiger partial charge on any atom is -0.388 e. The van der Waals surface area contributed by atoms with E-state index < -0.39 is 18.3 Å². The molecule has 3 atom stereocenters. The van der Waals surface area contributed by atoms with Gasteiger partial charge < -0.3 is 20.1 Å². The van der Waals surface area contributed by atoms with Crippen molar-refractivity contribution in [2.75, 3.05) is 6.61 Å². The smallest absolute Gasteiger partial charge is 0.115 e. The Labute approximate surface area is 52.7 Å². The van der Waals surface area contributed by atoms with Crippen LogP contribution in [0.25, 0.3) is 0 Å². The molecule has 9 heavy (non-hydrogen) atoms. The van der Waals surface area contributed by atoms with E-state index in [4.69, 9.17) is 15.3 Å². The Hall–Kier alpha value is -0.160. The first-order valence-corrected chi connectivity index (χ1v) is 2.71. The summed E-state index contributed by atoms with van der Waals surface area (Å²) in [5.74, 6) is 0. The second-order valence-electron chi connectivity index (χ2n) is 2.02. The Morgan fingerprint density at radius 2 is 2.00 bits per heavy atom. The minimum absolute atomic E-state index is 0.0538. The van der Waals surface area contributed by atoms with Crippen molar-refractivity contribution in [3.63, 3.8) is 0 Å². The second kappa shape index (κ2) is 2.62. The maximum Gasteiger partial charge on any atom is 0.115 e. The van der Waals surface area contributed by atoms with E-state index in [1.807, 2.05) is 0 Å². The van der Waals surface area contributed by atoms with E-state index in [-0.39, 0.29) is 6.61 Å². The fourth-order valence-electron chi connectivity index (χ4n) is 0.659. The standard InChI is InChI=1S/C5H9O4/c6-3-1-9-2-4(7)5(3)8/h1,3-8H,2H2/t3-,4-,5-/m1/s1. The number of rotatable bonds is 0. The zero-order chi connectivity index (χ0) is 6.85. The SMILES string of the molecule is O[C@@H]1[C@H](O)[CH]OC[C@H]1O. The first-order valence-electron chi connectivity index (χ1n) is 2.71. The Balaban J connectivity index is 2.41. The van der Waals surface area contributed by atoms with Crippen LogP contribution in [0.15, 0.2) is 0 Å². The summed E-state index contributed by atoms with van der Waals surface area (Å²) in [5, 5.41) is 26.4. The van der Waals surface area contributed by atoms with Crippen molar-refractivity contribution in [3.8, 4) is 0 Å². The first-order chi connectivity index (χ1) is 4.22. The molecule has 0 aromatic rings. The number of aliphatic hydroxyl groups excluding tert-OH is 3. The van der Waals surface area contributed by atoms with E-state index in [0.29, 0.717) is 0 Å². The van der Waals surface area contributed by atoms with Gasteiger partial charge in [0.25, 0.3) is 0 Å². The van der Waals surface area contributed by atoms with Gasteiger partial charge in [0.15, 0.2) is 0 Å². The predicted molar refractivity (Wildman–Crippen MR) is 28.3 cm³/mol. The van der Waals surface area contributed by atoms with E-state index in [1.54, 1.807) is 0 Å². The van der Waals surface area contributed by atoms with Crippen LogP contribution in [0, 0.1) is 6.61 Å². The van der Waals surface area contributed by atoms with Gasteiger partial charge in [0.2, 0.25) is 0 Å². The molecule has 4 heteroatoms. The number of ether oxygens (including phenoxy) is 1. The fourth-order valence-corrected chi connectivity index (χ4v) is 0.659. The van der Waals surface area contributed by atoms with Gasteiger partial charge in [-0.05, 0) is 0 Å². The minimum atomic E-state index is -1.10. The van der Waals surface area contributed by atoms with E-state index in [9.17, 15) is 0 Å². The summed E-state index contributed by atoms with van der Waals surface area (Å²) >= 11 is 0. The lowest BCUT2D eigenvalue weighted by Gasteiger charge is -2.27. The number of hydrogen-bond donors (Lipinski definition) is 3. The van der Waals surface area contributed by atoms with Gasteiger partial charge in [-0.2, -0.15) is 0 Å². The van der Waals surface area contributed by atoms with Crippen LogP contribution >= 0.6 is 0 Å². The molecule has 0 amide bonds. The highest BCUT2D eigenvalue weighted by Crippen LogP contribution is 2.10. The van der Waals surface area contributed by atoms with E-state index in [2.05, 4.69) is 4.74 Å². The monoisotopic (exact) mass is 133 g/mol. The van der Waals surface area contributed by atoms with Crippen LogP contribution in [-0.2, 0) is 4.74 Å². The van der Waals surface area contributed by atoms with E-state index in [1.165, 1.54) is 0 Å². The van der Waals surface area contributed by atoms with Crippen LogP contribution in [-0.4, -0.2) is 40.2 Å². The third kappa shape index (κ3) is 1.40. The van der Waals surface area contributed by atoms with Crippen molar-refractivity contribution < 1.29 is 20.1 Å². The van der Waals surface area contributed by atoms with Crippen molar-refractivity contribution in [2.24, 2.45) is 0 Å². The molecular formula is C5H9O4. The molecule has 0 aromatic heterocycles. The lowest BCUT2D eigenvalue weighted by Crippen LogP contribution is -2.44. The molecule has 0 unspecified atom stereocenters. The van der Waals surface area contributed by atoms with Gasteiger partial charge in [0.1, 0.15) is 24.9 Å². The normalized spacial score (nSPS) is 45.0. The average molecular weight is 133 g/mol. The molecule has 0 aliphatic carbocycles. The van der Waals surface area contributed by atoms with Gasteiger partial charge >= 0.3 is 0 Å². The third-order valence-corrected chi connectivity index (χ3v) is 1.25. The summed E-state index contributed by atoms with van der Waals surface area (Å²) in [5.41, 5.74) is 0. The van der Waals surface area contributed by atoms with Crippen molar-refractivity contribution in [1.82, 2.24) is 0 Å². The highest BCUT2D eigenvalue weighted by atomic mass is 16.5. The molecule has 1 rings (SSSR count). The largest absolute Gasteiger partial charge is 0.388 e. The summed E-state index contributed by atoms with van der Waals surface area (Å²) in [6, 6.07) is 0. The van der Waals surface area contributed by atoms with Gasteiger partial charge in [-0.15, -0.1) is 0 Å². The van der Waals surface area contributed by atoms with Gasteiger partial charge in [0, 0.05) is 0 Å². The Morgan fingerprint density at radius 3 is 2.44 bits per heavy atom. The predicted octanol–water partition coefficient (Wildman–Crippen LogP) is -1.74. The summed E-state index contributed by atoms with van der Waals surface area (Å²) in [6.07, 6.45) is -3.13. The molecule has 1 radical (unpaired) electrons. The fraction of sp³-hybridized carbons (Fsp3) is 0.800. The molecular weight excluding hydrogens is 124 g/mol. The molecule has 4 nitrogen and oxygen atoms in total. The molecule has 0 aromatic carbocycles. The molecule has 1 aliphatic rings. The molecule has 0 bridgehead atoms. The van der Waals surface area contributed by atoms with E-state index >= 15 is 0 Å². The summed E-state index contributed by atoms with van der Waals surface area (Å²) < 4.78 is 4.58. The van der Waals surface area contributed by atoms with Crippen molar-refractivity contribution in [1.29, 1.82) is 0 Å². The summed E-state index contributed by atoms with van der Waals surface area (Å²) in [6.45, 7) is 1.16. The first kappa shape index (κ1) is 6.95. The van der Waals surface area contributed by atoms with Crippen LogP contribution in [0.4, 0.5) is 0 Å². The second-order valence-corrected chi connectivity index (χ2v) is 2.02. The highest BCUT2D eigenvalue weighted by molar-refractivity contribution is 4.85. The van der Waals surface area contributed by atoms with Crippen LogP contribution in [0.2, 0.25) is 0 Å². The Bertz CT molecular complexity index is 85.0. The molecule has 1 heterocycles. The summed E-state index contributed by atoms with van der Waals surface area (Å²) in [4.78, 5) is 0. The molecule has 1 saturated heterocycles. The average Bonchev–Trinajstić information content (AvgIpc) is 1.83. The molecule has 1 fully saturated rings. The third-order valence-electron chi connectivity index (χ3n) is 1.25. The maximum absolute atomic E-state index is 8.83. The zero-order valence-electron chi connectivity index (χ0n) is 4.77. The molecule has 3 N–H and O–H groups in total. The zero-order valence-corrected chi connectivity index (χ0v) is 4.77. The van der Waals surface area contributed by atoms with Crippen molar-refractivity contribution in [3.05, 3.63) is 6.61 Å². The van der Waals surface area contributed by atoms with Crippen LogP contribution < -0.4 is 0 Å². The van der Waals surface area contributed by atoms with Gasteiger partial charge in [-0.25, -0.2) is 0 Å². The quantitative estimate of drug-likeness (QED) is 0.367. The number of aliphatic hydroxyl groups is 3. The lowest BCUT2D eigenvalue weighted by molar-refractivity contribution is -0.124. The van der Waals surface area contributed by atoms with Crippen LogP contribution in [0.3, 0.4) is 0 Å². The molecule has 0 spiro atoms. The topological polar surface area (TPSA) is 69.9 Å². The van der Waals surface area contributed by atoms with Crippen molar-refractivity contribution >= 4 is 0 Å². The van der Waals surface area contributed by atoms with Gasteiger partial charge in [-0.1, -0.05) is 0 Å². The van der Waals surface area contributed by atoms with Gasteiger partial charge in [0.05, 0.1) is 6.61 Å². The molecule has 1 aliphatic heterocycles. The summed E-state index contributed by atoms with van der Waals surface area (Å²) in [7, 11) is 0. The molecule has 53 valence electrons.